The van der Waals surface area contributed by atoms with Gasteiger partial charge in [-0.05, 0) is 55.1 Å². The van der Waals surface area contributed by atoms with Crippen LogP contribution < -0.4 is 16.0 Å². The van der Waals surface area contributed by atoms with Gasteiger partial charge < -0.3 is 16.0 Å². The summed E-state index contributed by atoms with van der Waals surface area (Å²) in [5.41, 5.74) is 2.55. The summed E-state index contributed by atoms with van der Waals surface area (Å²) in [6.45, 7) is 0. The number of anilines is 1. The number of aryl methyl sites for hydroxylation is 1. The van der Waals surface area contributed by atoms with E-state index in [1.165, 1.54) is 22.3 Å². The lowest BCUT2D eigenvalue weighted by atomic mass is 9.96. The van der Waals surface area contributed by atoms with E-state index >= 15 is 0 Å². The monoisotopic (exact) mass is 512 g/mol. The number of hydrogen-bond acceptors (Lipinski definition) is 4. The first-order chi connectivity index (χ1) is 14.8. The summed E-state index contributed by atoms with van der Waals surface area (Å²) in [7, 11) is 0. The fraction of sp³-hybridized carbons (Fsp3) is 0.286. The van der Waals surface area contributed by atoms with Gasteiger partial charge in [0, 0.05) is 11.0 Å². The summed E-state index contributed by atoms with van der Waals surface area (Å²) in [4.78, 5) is 13.5. The molecule has 3 rings (SSSR count). The maximum absolute atomic E-state index is 12.3. The second-order valence-electron chi connectivity index (χ2n) is 6.85. The van der Waals surface area contributed by atoms with Crippen LogP contribution in [0.25, 0.3) is 6.08 Å². The zero-order valence-corrected chi connectivity index (χ0v) is 20.2. The standard InChI is InChI=1S/C21H19Cl3N4OS2/c22-21(23,24)19(26-17(29)11-10-13-6-2-1-3-7-13)28-20(30)27-18-15(12-25)14-8-4-5-9-16(14)31-18/h1-3,6-7,10-11,19H,4-5,8-9H2,(H,26,29)(H2,27,28,30). The van der Waals surface area contributed by atoms with E-state index in [1.54, 1.807) is 6.08 Å². The second kappa shape index (κ2) is 10.7. The average molecular weight is 514 g/mol. The van der Waals surface area contributed by atoms with E-state index in [-0.39, 0.29) is 5.11 Å². The first kappa shape index (κ1) is 23.8. The van der Waals surface area contributed by atoms with E-state index in [0.717, 1.165) is 36.8 Å². The number of carbonyl (C=O) groups excluding carboxylic acids is 1. The van der Waals surface area contributed by atoms with Crippen LogP contribution in [0.4, 0.5) is 5.00 Å². The number of amides is 1. The smallest absolute Gasteiger partial charge is 0.245 e. The van der Waals surface area contributed by atoms with E-state index in [4.69, 9.17) is 47.0 Å². The van der Waals surface area contributed by atoms with Crippen LogP contribution in [0.5, 0.6) is 0 Å². The molecule has 5 nitrogen and oxygen atoms in total. The van der Waals surface area contributed by atoms with Crippen molar-refractivity contribution in [3.05, 3.63) is 58.0 Å². The summed E-state index contributed by atoms with van der Waals surface area (Å²) < 4.78 is -1.87. The van der Waals surface area contributed by atoms with Crippen LogP contribution in [0.1, 0.15) is 34.4 Å². The van der Waals surface area contributed by atoms with Crippen molar-refractivity contribution < 1.29 is 4.79 Å². The number of benzene rings is 1. The Labute approximate surface area is 205 Å². The summed E-state index contributed by atoms with van der Waals surface area (Å²) >= 11 is 25.0. The predicted octanol–water partition coefficient (Wildman–Crippen LogP) is 5.31. The number of halogens is 3. The number of nitrogens with one attached hydrogen (secondary N) is 3. The average Bonchev–Trinajstić information content (AvgIpc) is 3.08. The van der Waals surface area contributed by atoms with Crippen molar-refractivity contribution in [1.82, 2.24) is 10.6 Å². The number of fused-ring (bicyclic) bond motifs is 1. The molecule has 1 heterocycles. The second-order valence-corrected chi connectivity index (χ2v) is 10.7. The largest absolute Gasteiger partial charge is 0.339 e. The van der Waals surface area contributed by atoms with Gasteiger partial charge in [-0.1, -0.05) is 65.1 Å². The normalized spacial score (nSPS) is 14.4. The molecule has 0 bridgehead atoms. The van der Waals surface area contributed by atoms with Gasteiger partial charge in [0.1, 0.15) is 17.2 Å². The quantitative estimate of drug-likeness (QED) is 0.219. The summed E-state index contributed by atoms with van der Waals surface area (Å²) in [6.07, 6.45) is 5.92. The first-order valence-electron chi connectivity index (χ1n) is 9.50. The van der Waals surface area contributed by atoms with Gasteiger partial charge in [-0.3, -0.25) is 4.79 Å². The molecular formula is C21H19Cl3N4OS2. The highest BCUT2D eigenvalue weighted by atomic mass is 35.6. The van der Waals surface area contributed by atoms with Crippen molar-refractivity contribution in [1.29, 1.82) is 5.26 Å². The van der Waals surface area contributed by atoms with Crippen LogP contribution >= 0.6 is 58.4 Å². The van der Waals surface area contributed by atoms with Crippen molar-refractivity contribution >= 4 is 80.5 Å². The van der Waals surface area contributed by atoms with Gasteiger partial charge in [-0.2, -0.15) is 5.26 Å². The van der Waals surface area contributed by atoms with Crippen molar-refractivity contribution in [2.75, 3.05) is 5.32 Å². The Morgan fingerprint density at radius 1 is 1.19 bits per heavy atom. The molecule has 0 fully saturated rings. The number of nitrogens with zero attached hydrogens (tertiary/aromatic N) is 1. The number of thiophene rings is 1. The Kier molecular flexibility index (Phi) is 8.20. The SMILES string of the molecule is N#Cc1c(NC(=S)NC(NC(=O)C=Cc2ccccc2)C(Cl)(Cl)Cl)sc2c1CCCC2. The molecule has 0 spiro atoms. The van der Waals surface area contributed by atoms with E-state index in [9.17, 15) is 10.1 Å². The molecule has 31 heavy (non-hydrogen) atoms. The Hall–Kier alpha value is -1.82. The summed E-state index contributed by atoms with van der Waals surface area (Å²) in [5.74, 6) is -0.459. The van der Waals surface area contributed by atoms with E-state index < -0.39 is 15.9 Å². The fourth-order valence-electron chi connectivity index (χ4n) is 3.17. The summed E-state index contributed by atoms with van der Waals surface area (Å²) in [5, 5.41) is 18.8. The van der Waals surface area contributed by atoms with Gasteiger partial charge in [0.05, 0.1) is 5.56 Å². The van der Waals surface area contributed by atoms with Crippen LogP contribution in [0, 0.1) is 11.3 Å². The Morgan fingerprint density at radius 2 is 1.90 bits per heavy atom. The van der Waals surface area contributed by atoms with E-state index in [0.29, 0.717) is 10.6 Å². The van der Waals surface area contributed by atoms with Crippen LogP contribution in [0.15, 0.2) is 36.4 Å². The zero-order chi connectivity index (χ0) is 22.4. The van der Waals surface area contributed by atoms with Gasteiger partial charge >= 0.3 is 0 Å². The summed E-state index contributed by atoms with van der Waals surface area (Å²) in [6, 6.07) is 11.6. The van der Waals surface area contributed by atoms with E-state index in [1.807, 2.05) is 30.3 Å². The molecule has 1 unspecified atom stereocenters. The maximum atomic E-state index is 12.3. The minimum atomic E-state index is -1.87. The molecule has 162 valence electrons. The lowest BCUT2D eigenvalue weighted by molar-refractivity contribution is -0.117. The highest BCUT2D eigenvalue weighted by Crippen LogP contribution is 2.37. The molecule has 3 N–H and O–H groups in total. The third-order valence-electron chi connectivity index (χ3n) is 4.63. The van der Waals surface area contributed by atoms with Gasteiger partial charge in [-0.25, -0.2) is 0 Å². The molecule has 0 saturated heterocycles. The lowest BCUT2D eigenvalue weighted by Gasteiger charge is -2.27. The number of alkyl halides is 3. The number of hydrogen-bond donors (Lipinski definition) is 3. The maximum Gasteiger partial charge on any atom is 0.245 e. The van der Waals surface area contributed by atoms with Crippen molar-refractivity contribution in [3.63, 3.8) is 0 Å². The molecule has 0 saturated carbocycles. The van der Waals surface area contributed by atoms with E-state index in [2.05, 4.69) is 22.0 Å². The molecular weight excluding hydrogens is 495 g/mol. The van der Waals surface area contributed by atoms with Crippen LogP contribution in [-0.2, 0) is 17.6 Å². The molecule has 0 radical (unpaired) electrons. The molecule has 1 aromatic carbocycles. The van der Waals surface area contributed by atoms with Gasteiger partial charge in [0.25, 0.3) is 0 Å². The molecule has 1 aliphatic rings. The highest BCUT2D eigenvalue weighted by Gasteiger charge is 2.34. The van der Waals surface area contributed by atoms with Crippen LogP contribution in [0.3, 0.4) is 0 Å². The Balaban J connectivity index is 1.67. The molecule has 1 aliphatic carbocycles. The zero-order valence-electron chi connectivity index (χ0n) is 16.3. The topological polar surface area (TPSA) is 77.0 Å². The van der Waals surface area contributed by atoms with Gasteiger partial charge in [0.15, 0.2) is 5.11 Å². The van der Waals surface area contributed by atoms with Crippen LogP contribution in [-0.4, -0.2) is 21.0 Å². The number of rotatable bonds is 5. The Bertz CT molecular complexity index is 1030. The molecule has 10 heteroatoms. The van der Waals surface area contributed by atoms with Crippen molar-refractivity contribution in [2.24, 2.45) is 0 Å². The number of nitriles is 1. The fourth-order valence-corrected chi connectivity index (χ4v) is 5.02. The third-order valence-corrected chi connectivity index (χ3v) is 6.71. The first-order valence-corrected chi connectivity index (χ1v) is 11.9. The number of carbonyl (C=O) groups is 1. The predicted molar refractivity (Wildman–Crippen MR) is 133 cm³/mol. The van der Waals surface area contributed by atoms with Crippen LogP contribution in [0.2, 0.25) is 0 Å². The molecule has 2 aromatic rings. The lowest BCUT2D eigenvalue weighted by Crippen LogP contribution is -2.55. The number of thiocarbonyl (C=S) groups is 1. The molecule has 0 aliphatic heterocycles. The minimum Gasteiger partial charge on any atom is -0.339 e. The highest BCUT2D eigenvalue weighted by molar-refractivity contribution is 7.80. The van der Waals surface area contributed by atoms with Crippen molar-refractivity contribution in [2.45, 2.75) is 35.6 Å². The minimum absolute atomic E-state index is 0.138. The molecule has 1 aromatic heterocycles. The third kappa shape index (κ3) is 6.58. The van der Waals surface area contributed by atoms with Gasteiger partial charge in [-0.15, -0.1) is 11.3 Å². The van der Waals surface area contributed by atoms with Crippen molar-refractivity contribution in [3.8, 4) is 6.07 Å². The molecule has 1 atom stereocenters. The Morgan fingerprint density at radius 3 is 2.58 bits per heavy atom. The molecule has 1 amide bonds. The van der Waals surface area contributed by atoms with Gasteiger partial charge in [0.2, 0.25) is 9.70 Å².